The second kappa shape index (κ2) is 9.51. The Hall–Kier alpha value is -1.88. The molecule has 1 amide bonds. The summed E-state index contributed by atoms with van der Waals surface area (Å²) in [6.45, 7) is 6.38. The van der Waals surface area contributed by atoms with Crippen molar-refractivity contribution in [2.24, 2.45) is 0 Å². The molecule has 4 rings (SSSR count). The van der Waals surface area contributed by atoms with Crippen LogP contribution in [0.15, 0.2) is 54.6 Å². The highest BCUT2D eigenvalue weighted by Crippen LogP contribution is 2.31. The summed E-state index contributed by atoms with van der Waals surface area (Å²) in [5.74, 6) is 0.298. The van der Waals surface area contributed by atoms with Crippen LogP contribution in [0.3, 0.4) is 0 Å². The number of carbonyl (C=O) groups is 1. The van der Waals surface area contributed by atoms with Crippen LogP contribution in [0.1, 0.15) is 49.8 Å². The monoisotopic (exact) mass is 425 g/mol. The topological polar surface area (TPSA) is 35.6 Å². The number of halogens is 1. The molecule has 2 saturated heterocycles. The van der Waals surface area contributed by atoms with E-state index in [0.29, 0.717) is 5.91 Å². The van der Waals surface area contributed by atoms with Crippen molar-refractivity contribution in [1.29, 1.82) is 0 Å². The molecule has 0 radical (unpaired) electrons. The van der Waals surface area contributed by atoms with Gasteiger partial charge in [0.2, 0.25) is 5.91 Å². The van der Waals surface area contributed by atoms with Crippen LogP contribution in [0.4, 0.5) is 0 Å². The van der Waals surface area contributed by atoms with Crippen molar-refractivity contribution in [3.05, 3.63) is 70.7 Å². The summed E-state index contributed by atoms with van der Waals surface area (Å²) >= 11 is 6.14. The lowest BCUT2D eigenvalue weighted by Gasteiger charge is -2.44. The number of carbonyl (C=O) groups excluding carboxylic acids is 1. The summed E-state index contributed by atoms with van der Waals surface area (Å²) in [6.07, 6.45) is 4.13. The van der Waals surface area contributed by atoms with Gasteiger partial charge in [0.25, 0.3) is 0 Å². The Morgan fingerprint density at radius 3 is 2.27 bits per heavy atom. The van der Waals surface area contributed by atoms with Crippen molar-refractivity contribution < 1.29 is 4.79 Å². The maximum atomic E-state index is 13.4. The maximum absolute atomic E-state index is 13.4. The maximum Gasteiger partial charge on any atom is 0.242 e. The number of hydrogen-bond acceptors (Lipinski definition) is 3. The van der Waals surface area contributed by atoms with Crippen LogP contribution in [0.2, 0.25) is 5.02 Å². The van der Waals surface area contributed by atoms with E-state index >= 15 is 0 Å². The first-order valence-electron chi connectivity index (χ1n) is 11.2. The Morgan fingerprint density at radius 1 is 1.00 bits per heavy atom. The Morgan fingerprint density at radius 2 is 1.67 bits per heavy atom. The molecule has 2 heterocycles. The molecule has 2 aromatic rings. The summed E-state index contributed by atoms with van der Waals surface area (Å²) in [5, 5.41) is 4.31. The second-order valence-corrected chi connectivity index (χ2v) is 8.95. The summed E-state index contributed by atoms with van der Waals surface area (Å²) in [7, 11) is 0. The molecule has 0 aliphatic carbocycles. The largest absolute Gasteiger partial charge is 0.339 e. The van der Waals surface area contributed by atoms with Gasteiger partial charge in [0.1, 0.15) is 0 Å². The van der Waals surface area contributed by atoms with Gasteiger partial charge in [-0.1, -0.05) is 61.0 Å². The summed E-state index contributed by atoms with van der Waals surface area (Å²) < 4.78 is 0. The van der Waals surface area contributed by atoms with Crippen molar-refractivity contribution >= 4 is 17.5 Å². The van der Waals surface area contributed by atoms with Crippen molar-refractivity contribution in [2.75, 3.05) is 32.7 Å². The predicted octanol–water partition coefficient (Wildman–Crippen LogP) is 4.50. The SMILES string of the molecule is CC[C@@]1(C(=O)N2CCN(C(c3ccccc3)c3ccc(Cl)cc3)CC2)CCCCN1. The number of piperidine rings is 1. The Bertz CT molecular complexity index is 825. The molecule has 0 spiro atoms. The van der Waals surface area contributed by atoms with Gasteiger partial charge in [-0.05, 0) is 55.5 Å². The number of rotatable bonds is 5. The number of piperazine rings is 1. The number of nitrogens with zero attached hydrogens (tertiary/aromatic N) is 2. The molecule has 2 aliphatic heterocycles. The zero-order chi connectivity index (χ0) is 21.0. The summed E-state index contributed by atoms with van der Waals surface area (Å²) in [4.78, 5) is 18.0. The van der Waals surface area contributed by atoms with Crippen molar-refractivity contribution in [2.45, 2.75) is 44.2 Å². The third-order valence-corrected chi connectivity index (χ3v) is 7.03. The van der Waals surface area contributed by atoms with Crippen molar-refractivity contribution in [3.63, 3.8) is 0 Å². The predicted molar refractivity (Wildman–Crippen MR) is 123 cm³/mol. The van der Waals surface area contributed by atoms with Crippen LogP contribution in [-0.2, 0) is 4.79 Å². The first-order chi connectivity index (χ1) is 14.6. The van der Waals surface area contributed by atoms with E-state index in [1.807, 2.05) is 12.1 Å². The van der Waals surface area contributed by atoms with Crippen LogP contribution in [-0.4, -0.2) is 54.0 Å². The minimum atomic E-state index is -0.352. The lowest BCUT2D eigenvalue weighted by atomic mass is 9.84. The van der Waals surface area contributed by atoms with Crippen LogP contribution in [0, 0.1) is 0 Å². The van der Waals surface area contributed by atoms with Gasteiger partial charge < -0.3 is 10.2 Å². The molecular formula is C25H32ClN3O. The van der Waals surface area contributed by atoms with Crippen LogP contribution in [0.5, 0.6) is 0 Å². The fraction of sp³-hybridized carbons (Fsp3) is 0.480. The van der Waals surface area contributed by atoms with Gasteiger partial charge in [-0.2, -0.15) is 0 Å². The number of benzene rings is 2. The zero-order valence-electron chi connectivity index (χ0n) is 17.8. The van der Waals surface area contributed by atoms with Gasteiger partial charge >= 0.3 is 0 Å². The van der Waals surface area contributed by atoms with Gasteiger partial charge in [-0.25, -0.2) is 0 Å². The zero-order valence-corrected chi connectivity index (χ0v) is 18.6. The average Bonchev–Trinajstić information content (AvgIpc) is 2.82. The smallest absolute Gasteiger partial charge is 0.242 e. The highest BCUT2D eigenvalue weighted by molar-refractivity contribution is 6.30. The number of nitrogens with one attached hydrogen (secondary N) is 1. The molecule has 0 saturated carbocycles. The molecule has 0 bridgehead atoms. The van der Waals surface area contributed by atoms with E-state index in [0.717, 1.165) is 57.0 Å². The fourth-order valence-electron chi connectivity index (χ4n) is 4.98. The number of amides is 1. The Balaban J connectivity index is 1.50. The highest BCUT2D eigenvalue weighted by atomic mass is 35.5. The minimum Gasteiger partial charge on any atom is -0.339 e. The van der Waals surface area contributed by atoms with Crippen molar-refractivity contribution in [3.8, 4) is 0 Å². The third-order valence-electron chi connectivity index (χ3n) is 6.77. The fourth-order valence-corrected chi connectivity index (χ4v) is 5.11. The normalized spacial score (nSPS) is 23.9. The molecule has 30 heavy (non-hydrogen) atoms. The standard InChI is InChI=1S/C25H32ClN3O/c1-2-25(14-6-7-15-27-25)24(30)29-18-16-28(17-19-29)23(20-8-4-3-5-9-20)21-10-12-22(26)13-11-21/h3-5,8-13,23,27H,2,6-7,14-19H2,1H3/t23?,25-/m0/s1. The second-order valence-electron chi connectivity index (χ2n) is 8.51. The van der Waals surface area contributed by atoms with Gasteiger partial charge in [0.15, 0.2) is 0 Å². The Labute approximate surface area is 185 Å². The third kappa shape index (κ3) is 4.41. The molecule has 1 N–H and O–H groups in total. The van der Waals surface area contributed by atoms with E-state index in [2.05, 4.69) is 64.5 Å². The summed E-state index contributed by atoms with van der Waals surface area (Å²) in [6, 6.07) is 19.0. The van der Waals surface area contributed by atoms with E-state index < -0.39 is 0 Å². The highest BCUT2D eigenvalue weighted by Gasteiger charge is 2.41. The first kappa shape index (κ1) is 21.4. The van der Waals surface area contributed by atoms with Gasteiger partial charge in [-0.3, -0.25) is 9.69 Å². The lowest BCUT2D eigenvalue weighted by molar-refractivity contribution is -0.141. The van der Waals surface area contributed by atoms with Crippen LogP contribution < -0.4 is 5.32 Å². The van der Waals surface area contributed by atoms with E-state index in [1.54, 1.807) is 0 Å². The first-order valence-corrected chi connectivity index (χ1v) is 11.6. The lowest BCUT2D eigenvalue weighted by Crippen LogP contribution is -2.62. The molecule has 0 aromatic heterocycles. The molecular weight excluding hydrogens is 394 g/mol. The van der Waals surface area contributed by atoms with E-state index in [9.17, 15) is 4.79 Å². The van der Waals surface area contributed by atoms with Crippen LogP contribution in [0.25, 0.3) is 0 Å². The molecule has 1 unspecified atom stereocenters. The molecule has 2 aliphatic rings. The average molecular weight is 426 g/mol. The van der Waals surface area contributed by atoms with Crippen molar-refractivity contribution in [1.82, 2.24) is 15.1 Å². The summed E-state index contributed by atoms with van der Waals surface area (Å²) in [5.41, 5.74) is 2.16. The molecule has 4 nitrogen and oxygen atoms in total. The number of hydrogen-bond donors (Lipinski definition) is 1. The Kier molecular flexibility index (Phi) is 6.77. The van der Waals surface area contributed by atoms with E-state index in [4.69, 9.17) is 11.6 Å². The molecule has 2 atom stereocenters. The van der Waals surface area contributed by atoms with E-state index in [1.165, 1.54) is 17.5 Å². The van der Waals surface area contributed by atoms with Crippen LogP contribution >= 0.6 is 11.6 Å². The van der Waals surface area contributed by atoms with Gasteiger partial charge in [0.05, 0.1) is 11.6 Å². The molecule has 2 aromatic carbocycles. The van der Waals surface area contributed by atoms with Gasteiger partial charge in [0, 0.05) is 31.2 Å². The van der Waals surface area contributed by atoms with E-state index in [-0.39, 0.29) is 11.6 Å². The quantitative estimate of drug-likeness (QED) is 0.766. The molecule has 5 heteroatoms. The molecule has 160 valence electrons. The minimum absolute atomic E-state index is 0.175. The molecule has 2 fully saturated rings. The van der Waals surface area contributed by atoms with Gasteiger partial charge in [-0.15, -0.1) is 0 Å².